The maximum absolute atomic E-state index is 12.9. The Hall–Kier alpha value is -3.07. The van der Waals surface area contributed by atoms with E-state index in [1.165, 1.54) is 180 Å². The highest BCUT2D eigenvalue weighted by Gasteiger charge is 2.27. The molecule has 0 heterocycles. The molecule has 2 unspecified atom stereocenters. The number of esters is 2. The second kappa shape index (κ2) is 64.4. The molecule has 0 aromatic carbocycles. The van der Waals surface area contributed by atoms with Gasteiger partial charge in [-0.15, -0.1) is 0 Å². The van der Waals surface area contributed by atoms with Crippen molar-refractivity contribution in [2.75, 3.05) is 47.5 Å². The fraction of sp³-hybridized carbons (Fsp3) is 0.757. The van der Waals surface area contributed by atoms with Gasteiger partial charge in [-0.2, -0.15) is 0 Å². The molecule has 84 heavy (non-hydrogen) atoms. The molecule has 9 nitrogen and oxygen atoms in total. The van der Waals surface area contributed by atoms with Crippen LogP contribution in [0, 0.1) is 0 Å². The third kappa shape index (κ3) is 68.0. The Kier molecular flexibility index (Phi) is 62.1. The van der Waals surface area contributed by atoms with Crippen molar-refractivity contribution < 1.29 is 42.1 Å². The summed E-state index contributed by atoms with van der Waals surface area (Å²) in [6.07, 6.45) is 89.3. The third-order valence-electron chi connectivity index (χ3n) is 15.1. The quantitative estimate of drug-likeness (QED) is 0.0211. The molecule has 0 aromatic heterocycles. The summed E-state index contributed by atoms with van der Waals surface area (Å²) >= 11 is 0. The summed E-state index contributed by atoms with van der Waals surface area (Å²) in [5.41, 5.74) is 0. The normalized spacial score (nSPS) is 13.7. The first-order valence-corrected chi connectivity index (χ1v) is 36.5. The van der Waals surface area contributed by atoms with E-state index < -0.39 is 26.5 Å². The van der Waals surface area contributed by atoms with Crippen LogP contribution in [0.25, 0.3) is 0 Å². The fourth-order valence-electron chi connectivity index (χ4n) is 9.80. The number of rotatable bonds is 64. The van der Waals surface area contributed by atoms with Crippen LogP contribution >= 0.6 is 7.82 Å². The number of nitrogens with zero attached hydrogens (tertiary/aromatic N) is 1. The number of carbonyl (C=O) groups is 2. The number of ether oxygens (including phenoxy) is 2. The number of hydrogen-bond donors (Lipinski definition) is 1. The van der Waals surface area contributed by atoms with Crippen molar-refractivity contribution >= 4 is 19.8 Å². The Morgan fingerprint density at radius 3 is 1.01 bits per heavy atom. The summed E-state index contributed by atoms with van der Waals surface area (Å²) in [4.78, 5) is 35.9. The summed E-state index contributed by atoms with van der Waals surface area (Å²) in [5, 5.41) is 0. The molecule has 0 radical (unpaired) electrons. The molecule has 486 valence electrons. The summed E-state index contributed by atoms with van der Waals surface area (Å²) in [5.74, 6) is -0.793. The molecule has 0 saturated heterocycles. The summed E-state index contributed by atoms with van der Waals surface area (Å²) in [7, 11) is 1.48. The van der Waals surface area contributed by atoms with Gasteiger partial charge in [-0.3, -0.25) is 18.6 Å². The van der Waals surface area contributed by atoms with Crippen LogP contribution in [0.2, 0.25) is 0 Å². The number of allylic oxidation sites excluding steroid dienone is 16. The van der Waals surface area contributed by atoms with E-state index in [1.807, 2.05) is 21.1 Å². The van der Waals surface area contributed by atoms with E-state index >= 15 is 0 Å². The molecule has 0 spiro atoms. The van der Waals surface area contributed by atoms with E-state index in [4.69, 9.17) is 18.5 Å². The predicted octanol–water partition coefficient (Wildman–Crippen LogP) is 22.7. The number of unbranched alkanes of at least 4 members (excludes halogenated alkanes) is 34. The van der Waals surface area contributed by atoms with Crippen LogP contribution in [-0.2, 0) is 32.7 Å². The lowest BCUT2D eigenvalue weighted by Crippen LogP contribution is -2.37. The molecule has 0 amide bonds. The maximum Gasteiger partial charge on any atom is 0.472 e. The van der Waals surface area contributed by atoms with Gasteiger partial charge in [0.05, 0.1) is 27.7 Å². The molecule has 0 fully saturated rings. The van der Waals surface area contributed by atoms with Crippen molar-refractivity contribution in [1.29, 1.82) is 0 Å². The SMILES string of the molecule is CC/C=C\C/C=C\C/C=C\C/C=C\C/C=C\C/C=C\C/C=C\C/C=C\CCCCCCCCCCCCC(=O)OC(COC(=O)CCCCCCCCCCCCCCCCCCCCCCCCCCC)COP(=O)(O)OCC[N+](C)(C)C. The third-order valence-corrected chi connectivity index (χ3v) is 16.1. The maximum atomic E-state index is 12.9. The van der Waals surface area contributed by atoms with Crippen molar-refractivity contribution in [3.63, 3.8) is 0 Å². The molecule has 0 aliphatic heterocycles. The average Bonchev–Trinajstić information content (AvgIpc) is 3.61. The zero-order chi connectivity index (χ0) is 61.2. The minimum atomic E-state index is -4.40. The molecular weight excluding hydrogens is 1060 g/mol. The molecular formula is C74H133NO8P+. The summed E-state index contributed by atoms with van der Waals surface area (Å²) < 4.78 is 34.7. The predicted molar refractivity (Wildman–Crippen MR) is 362 cm³/mol. The zero-order valence-corrected chi connectivity index (χ0v) is 56.3. The van der Waals surface area contributed by atoms with E-state index in [-0.39, 0.29) is 32.0 Å². The van der Waals surface area contributed by atoms with Crippen molar-refractivity contribution in [1.82, 2.24) is 0 Å². The number of quaternary nitrogens is 1. The molecule has 10 heteroatoms. The monoisotopic (exact) mass is 1190 g/mol. The van der Waals surface area contributed by atoms with Gasteiger partial charge in [-0.25, -0.2) is 4.57 Å². The highest BCUT2D eigenvalue weighted by atomic mass is 31.2. The zero-order valence-electron chi connectivity index (χ0n) is 55.4. The second-order valence-corrected chi connectivity index (χ2v) is 26.0. The number of hydrogen-bond acceptors (Lipinski definition) is 7. The topological polar surface area (TPSA) is 108 Å². The van der Waals surface area contributed by atoms with Gasteiger partial charge in [0.1, 0.15) is 19.8 Å². The van der Waals surface area contributed by atoms with Crippen molar-refractivity contribution in [2.24, 2.45) is 0 Å². The lowest BCUT2D eigenvalue weighted by molar-refractivity contribution is -0.870. The Morgan fingerprint density at radius 2 is 0.679 bits per heavy atom. The smallest absolute Gasteiger partial charge is 0.462 e. The highest BCUT2D eigenvalue weighted by Crippen LogP contribution is 2.43. The van der Waals surface area contributed by atoms with Crippen molar-refractivity contribution in [2.45, 2.75) is 315 Å². The molecule has 0 rings (SSSR count). The minimum Gasteiger partial charge on any atom is -0.462 e. The second-order valence-electron chi connectivity index (χ2n) is 24.5. The van der Waals surface area contributed by atoms with Crippen LogP contribution < -0.4 is 0 Å². The van der Waals surface area contributed by atoms with Crippen LogP contribution in [0.15, 0.2) is 97.2 Å². The van der Waals surface area contributed by atoms with Gasteiger partial charge in [0.25, 0.3) is 0 Å². The summed E-state index contributed by atoms with van der Waals surface area (Å²) in [6, 6.07) is 0. The Balaban J connectivity index is 4.08. The summed E-state index contributed by atoms with van der Waals surface area (Å²) in [6.45, 7) is 4.35. The first-order valence-electron chi connectivity index (χ1n) is 35.0. The molecule has 2 atom stereocenters. The Morgan fingerprint density at radius 1 is 0.381 bits per heavy atom. The number of likely N-dealkylation sites (N-methyl/N-ethyl adjacent to an activating group) is 1. The van der Waals surface area contributed by atoms with Crippen molar-refractivity contribution in [3.05, 3.63) is 97.2 Å². The van der Waals surface area contributed by atoms with Gasteiger partial charge in [-0.05, 0) is 77.0 Å². The van der Waals surface area contributed by atoms with Crippen LogP contribution in [0.3, 0.4) is 0 Å². The largest absolute Gasteiger partial charge is 0.472 e. The lowest BCUT2D eigenvalue weighted by Gasteiger charge is -2.24. The van der Waals surface area contributed by atoms with Gasteiger partial charge in [0.2, 0.25) is 0 Å². The van der Waals surface area contributed by atoms with Gasteiger partial charge in [-0.1, -0.05) is 317 Å². The fourth-order valence-corrected chi connectivity index (χ4v) is 10.5. The van der Waals surface area contributed by atoms with Gasteiger partial charge >= 0.3 is 19.8 Å². The molecule has 0 aromatic rings. The molecule has 0 saturated carbocycles. The molecule has 0 aliphatic rings. The first kappa shape index (κ1) is 80.9. The highest BCUT2D eigenvalue weighted by molar-refractivity contribution is 7.47. The van der Waals surface area contributed by atoms with Crippen LogP contribution in [0.1, 0.15) is 309 Å². The van der Waals surface area contributed by atoms with Crippen molar-refractivity contribution in [3.8, 4) is 0 Å². The minimum absolute atomic E-state index is 0.0287. The number of phosphoric acid groups is 1. The van der Waals surface area contributed by atoms with E-state index in [0.717, 1.165) is 96.3 Å². The van der Waals surface area contributed by atoms with Crippen LogP contribution in [0.5, 0.6) is 0 Å². The standard InChI is InChI=1S/C74H132NO8P/c1-6-8-10-12-14-16-18-20-22-24-26-28-30-32-33-34-35-36-37-38-39-40-41-43-45-47-49-51-53-55-57-59-61-63-65-67-74(77)83-72(71-82-84(78,79)81-69-68-75(3,4)5)70-80-73(76)66-64-62-60-58-56-54-52-50-48-46-44-42-31-29-27-25-23-21-19-17-15-13-11-9-7-2/h8,10,14,16,20,22,26,28,32-33,35-36,38-39,41,43,72H,6-7,9,11-13,15,17-19,21,23-25,27,29-31,34,37,40,42,44-71H2,1-5H3/p+1/b10-8-,16-14-,22-20-,28-26-,33-32-,36-35-,39-38-,43-41-. The van der Waals surface area contributed by atoms with E-state index in [0.29, 0.717) is 17.4 Å². The first-order chi connectivity index (χ1) is 41.0. The molecule has 0 bridgehead atoms. The van der Waals surface area contributed by atoms with Gasteiger partial charge in [0.15, 0.2) is 6.10 Å². The van der Waals surface area contributed by atoms with Crippen LogP contribution in [-0.4, -0.2) is 74.9 Å². The Bertz CT molecular complexity index is 1740. The van der Waals surface area contributed by atoms with Gasteiger partial charge in [0, 0.05) is 12.8 Å². The molecule has 0 aliphatic carbocycles. The number of carbonyl (C=O) groups excluding carboxylic acids is 2. The van der Waals surface area contributed by atoms with Crippen LogP contribution in [0.4, 0.5) is 0 Å². The Labute approximate surface area is 519 Å². The number of phosphoric ester groups is 1. The molecule has 1 N–H and O–H groups in total. The van der Waals surface area contributed by atoms with Gasteiger partial charge < -0.3 is 18.9 Å². The van der Waals surface area contributed by atoms with E-state index in [2.05, 4.69) is 111 Å². The lowest BCUT2D eigenvalue weighted by atomic mass is 10.0. The van der Waals surface area contributed by atoms with E-state index in [9.17, 15) is 19.0 Å². The average molecular weight is 1200 g/mol. The van der Waals surface area contributed by atoms with E-state index in [1.54, 1.807) is 0 Å².